The summed E-state index contributed by atoms with van der Waals surface area (Å²) in [4.78, 5) is 1.32. The van der Waals surface area contributed by atoms with E-state index in [1.165, 1.54) is 23.3 Å². The van der Waals surface area contributed by atoms with Gasteiger partial charge in [-0.1, -0.05) is 31.5 Å². The van der Waals surface area contributed by atoms with Crippen molar-refractivity contribution in [2.24, 2.45) is 0 Å². The monoisotopic (exact) mass is 255 g/mol. The van der Waals surface area contributed by atoms with Gasteiger partial charge in [-0.3, -0.25) is 0 Å². The Balaban J connectivity index is 2.06. The van der Waals surface area contributed by atoms with Crippen LogP contribution in [0.2, 0.25) is 5.02 Å². The molecule has 0 aromatic heterocycles. The van der Waals surface area contributed by atoms with Gasteiger partial charge in [-0.25, -0.2) is 0 Å². The Morgan fingerprint density at radius 1 is 1.44 bits per heavy atom. The summed E-state index contributed by atoms with van der Waals surface area (Å²) < 4.78 is 0. The summed E-state index contributed by atoms with van der Waals surface area (Å²) in [5, 5.41) is 4.98. The van der Waals surface area contributed by atoms with Gasteiger partial charge >= 0.3 is 0 Å². The number of hydrogen-bond acceptors (Lipinski definition) is 2. The highest BCUT2D eigenvalue weighted by Gasteiger charge is 2.20. The third kappa shape index (κ3) is 3.69. The van der Waals surface area contributed by atoms with Crippen molar-refractivity contribution in [3.05, 3.63) is 28.8 Å². The van der Waals surface area contributed by atoms with E-state index in [1.807, 2.05) is 17.8 Å². The molecule has 1 N–H and O–H groups in total. The lowest BCUT2D eigenvalue weighted by molar-refractivity contribution is 0.680. The molecule has 0 spiro atoms. The normalized spacial score (nSPS) is 15.8. The molecule has 0 amide bonds. The van der Waals surface area contributed by atoms with E-state index < -0.39 is 0 Å². The molecular formula is C13H18ClNS. The van der Waals surface area contributed by atoms with Crippen LogP contribution in [0.1, 0.15) is 32.3 Å². The molecule has 1 aliphatic rings. The molecule has 1 nitrogen and oxygen atoms in total. The first-order chi connectivity index (χ1) is 7.65. The van der Waals surface area contributed by atoms with Crippen LogP contribution in [0, 0.1) is 0 Å². The second-order valence-electron chi connectivity index (χ2n) is 4.57. The van der Waals surface area contributed by atoms with Crippen LogP contribution in [-0.2, 0) is 6.54 Å². The molecule has 88 valence electrons. The Morgan fingerprint density at radius 2 is 2.19 bits per heavy atom. The summed E-state index contributed by atoms with van der Waals surface area (Å²) in [6.45, 7) is 5.39. The fraction of sp³-hybridized carbons (Fsp3) is 0.538. The van der Waals surface area contributed by atoms with Gasteiger partial charge in [-0.2, -0.15) is 0 Å². The zero-order chi connectivity index (χ0) is 11.5. The first kappa shape index (κ1) is 12.3. The van der Waals surface area contributed by atoms with Crippen LogP contribution < -0.4 is 5.32 Å². The molecule has 0 atom stereocenters. The van der Waals surface area contributed by atoms with Crippen molar-refractivity contribution in [1.82, 2.24) is 5.32 Å². The molecule has 0 bridgehead atoms. The molecule has 0 aliphatic heterocycles. The number of rotatable bonds is 5. The molecule has 2 rings (SSSR count). The van der Waals surface area contributed by atoms with Crippen molar-refractivity contribution >= 4 is 23.4 Å². The molecule has 1 aliphatic carbocycles. The molecule has 0 heterocycles. The maximum absolute atomic E-state index is 6.04. The Morgan fingerprint density at radius 3 is 2.81 bits per heavy atom. The van der Waals surface area contributed by atoms with E-state index in [1.54, 1.807) is 0 Å². The van der Waals surface area contributed by atoms with E-state index in [4.69, 9.17) is 11.6 Å². The predicted molar refractivity (Wildman–Crippen MR) is 72.3 cm³/mol. The largest absolute Gasteiger partial charge is 0.310 e. The van der Waals surface area contributed by atoms with Crippen molar-refractivity contribution in [2.45, 2.75) is 49.4 Å². The van der Waals surface area contributed by atoms with Gasteiger partial charge in [0.05, 0.1) is 0 Å². The van der Waals surface area contributed by atoms with Crippen LogP contribution in [-0.4, -0.2) is 11.3 Å². The van der Waals surface area contributed by atoms with Crippen LogP contribution in [0.3, 0.4) is 0 Å². The summed E-state index contributed by atoms with van der Waals surface area (Å²) in [7, 11) is 0. The Hall–Kier alpha value is -0.180. The first-order valence-electron chi connectivity index (χ1n) is 5.83. The third-order valence-electron chi connectivity index (χ3n) is 2.55. The van der Waals surface area contributed by atoms with Crippen molar-refractivity contribution in [3.63, 3.8) is 0 Å². The lowest BCUT2D eigenvalue weighted by atomic mass is 10.2. The predicted octanol–water partition coefficient (Wildman–Crippen LogP) is 4.09. The SMILES string of the molecule is CC(C)Sc1cc(Cl)ccc1CNC1CC1. The summed E-state index contributed by atoms with van der Waals surface area (Å²) >= 11 is 7.93. The van der Waals surface area contributed by atoms with Gasteiger partial charge < -0.3 is 5.32 Å². The summed E-state index contributed by atoms with van der Waals surface area (Å²) in [6, 6.07) is 6.96. The van der Waals surface area contributed by atoms with Crippen molar-refractivity contribution in [3.8, 4) is 0 Å². The van der Waals surface area contributed by atoms with E-state index in [0.717, 1.165) is 17.6 Å². The Labute approximate surface area is 107 Å². The van der Waals surface area contributed by atoms with Crippen LogP contribution in [0.5, 0.6) is 0 Å². The molecule has 1 aromatic carbocycles. The number of hydrogen-bond donors (Lipinski definition) is 1. The van der Waals surface area contributed by atoms with Crippen LogP contribution in [0.15, 0.2) is 23.1 Å². The van der Waals surface area contributed by atoms with E-state index in [9.17, 15) is 0 Å². The standard InChI is InChI=1S/C13H18ClNS/c1-9(2)16-13-7-11(14)4-3-10(13)8-15-12-5-6-12/h3-4,7,9,12,15H,5-6,8H2,1-2H3. The van der Waals surface area contributed by atoms with Gasteiger partial charge in [0.25, 0.3) is 0 Å². The average molecular weight is 256 g/mol. The highest BCUT2D eigenvalue weighted by atomic mass is 35.5. The topological polar surface area (TPSA) is 12.0 Å². The van der Waals surface area contributed by atoms with Crippen molar-refractivity contribution in [1.29, 1.82) is 0 Å². The van der Waals surface area contributed by atoms with E-state index >= 15 is 0 Å². The fourth-order valence-corrected chi connectivity index (χ4v) is 2.81. The van der Waals surface area contributed by atoms with Gasteiger partial charge in [0.2, 0.25) is 0 Å². The highest BCUT2D eigenvalue weighted by molar-refractivity contribution is 8.00. The van der Waals surface area contributed by atoms with Gasteiger partial charge in [0, 0.05) is 27.8 Å². The fourth-order valence-electron chi connectivity index (χ4n) is 1.58. The number of benzene rings is 1. The molecule has 0 unspecified atom stereocenters. The first-order valence-corrected chi connectivity index (χ1v) is 7.09. The molecule has 1 saturated carbocycles. The second kappa shape index (κ2) is 5.44. The van der Waals surface area contributed by atoms with E-state index in [-0.39, 0.29) is 0 Å². The van der Waals surface area contributed by atoms with Crippen LogP contribution in [0.25, 0.3) is 0 Å². The molecule has 1 fully saturated rings. The van der Waals surface area contributed by atoms with Crippen molar-refractivity contribution in [2.75, 3.05) is 0 Å². The second-order valence-corrected chi connectivity index (χ2v) is 6.63. The molecule has 0 radical (unpaired) electrons. The highest BCUT2D eigenvalue weighted by Crippen LogP contribution is 2.30. The minimum absolute atomic E-state index is 0.596. The number of thioether (sulfide) groups is 1. The Kier molecular flexibility index (Phi) is 4.17. The summed E-state index contributed by atoms with van der Waals surface area (Å²) in [5.74, 6) is 0. The third-order valence-corrected chi connectivity index (χ3v) is 3.89. The smallest absolute Gasteiger partial charge is 0.0417 e. The number of nitrogens with one attached hydrogen (secondary N) is 1. The minimum Gasteiger partial charge on any atom is -0.310 e. The summed E-state index contributed by atoms with van der Waals surface area (Å²) in [5.41, 5.74) is 1.37. The molecule has 0 saturated heterocycles. The van der Waals surface area contributed by atoms with Gasteiger partial charge in [-0.05, 0) is 30.5 Å². The zero-order valence-corrected chi connectivity index (χ0v) is 11.4. The lowest BCUT2D eigenvalue weighted by Crippen LogP contribution is -2.15. The maximum atomic E-state index is 6.04. The Bertz CT molecular complexity index is 361. The van der Waals surface area contributed by atoms with Gasteiger partial charge in [-0.15, -0.1) is 11.8 Å². The van der Waals surface area contributed by atoms with E-state index in [2.05, 4.69) is 31.3 Å². The average Bonchev–Trinajstić information content (AvgIpc) is 2.99. The van der Waals surface area contributed by atoms with Gasteiger partial charge in [0.1, 0.15) is 0 Å². The molecule has 16 heavy (non-hydrogen) atoms. The quantitative estimate of drug-likeness (QED) is 0.796. The zero-order valence-electron chi connectivity index (χ0n) is 9.79. The molecular weight excluding hydrogens is 238 g/mol. The van der Waals surface area contributed by atoms with Crippen LogP contribution >= 0.6 is 23.4 Å². The number of halogens is 1. The molecule has 3 heteroatoms. The van der Waals surface area contributed by atoms with Crippen LogP contribution in [0.4, 0.5) is 0 Å². The van der Waals surface area contributed by atoms with Crippen molar-refractivity contribution < 1.29 is 0 Å². The molecule has 1 aromatic rings. The lowest BCUT2D eigenvalue weighted by Gasteiger charge is -2.12. The maximum Gasteiger partial charge on any atom is 0.0417 e. The van der Waals surface area contributed by atoms with Gasteiger partial charge in [0.15, 0.2) is 0 Å². The van der Waals surface area contributed by atoms with E-state index in [0.29, 0.717) is 5.25 Å². The summed E-state index contributed by atoms with van der Waals surface area (Å²) in [6.07, 6.45) is 2.67. The minimum atomic E-state index is 0.596.